The van der Waals surface area contributed by atoms with Crippen LogP contribution in [0.5, 0.6) is 0 Å². The number of carbonyl (C=O) groups is 1. The molecule has 1 N–H and O–H groups in total. The van der Waals surface area contributed by atoms with Crippen molar-refractivity contribution in [3.63, 3.8) is 0 Å². The fourth-order valence-corrected chi connectivity index (χ4v) is 3.33. The Morgan fingerprint density at radius 1 is 1.04 bits per heavy atom. The smallest absolute Gasteiger partial charge is 0.335 e. The van der Waals surface area contributed by atoms with Gasteiger partial charge in [0.15, 0.2) is 0 Å². The van der Waals surface area contributed by atoms with E-state index in [1.807, 2.05) is 24.3 Å². The Morgan fingerprint density at radius 2 is 1.64 bits per heavy atom. The first-order valence-corrected chi connectivity index (χ1v) is 8.60. The third-order valence-electron chi connectivity index (χ3n) is 4.86. The quantitative estimate of drug-likeness (QED) is 0.906. The van der Waals surface area contributed by atoms with E-state index in [9.17, 15) is 9.18 Å². The zero-order chi connectivity index (χ0) is 17.8. The lowest BCUT2D eigenvalue weighted by molar-refractivity contribution is 0.0697. The highest BCUT2D eigenvalue weighted by Gasteiger charge is 2.21. The van der Waals surface area contributed by atoms with Crippen LogP contribution in [-0.4, -0.2) is 48.2 Å². The summed E-state index contributed by atoms with van der Waals surface area (Å²) in [7, 11) is 0. The molecule has 4 nitrogen and oxygen atoms in total. The minimum atomic E-state index is -0.892. The lowest BCUT2D eigenvalue weighted by Gasteiger charge is -2.39. The molecular formula is C20H23FN2O2. The molecule has 2 aromatic carbocycles. The Labute approximate surface area is 147 Å². The molecule has 5 heteroatoms. The van der Waals surface area contributed by atoms with Crippen LogP contribution in [0.3, 0.4) is 0 Å². The van der Waals surface area contributed by atoms with E-state index in [1.54, 1.807) is 12.1 Å². The molecule has 0 radical (unpaired) electrons. The molecule has 0 saturated carbocycles. The van der Waals surface area contributed by atoms with Crippen molar-refractivity contribution in [1.82, 2.24) is 4.90 Å². The highest BCUT2D eigenvalue weighted by molar-refractivity contribution is 5.87. The summed E-state index contributed by atoms with van der Waals surface area (Å²) in [6.07, 6.45) is 0.899. The number of benzene rings is 2. The number of piperazine rings is 1. The molecular weight excluding hydrogens is 319 g/mol. The van der Waals surface area contributed by atoms with Crippen LogP contribution in [0.2, 0.25) is 0 Å². The summed E-state index contributed by atoms with van der Waals surface area (Å²) in [5.41, 5.74) is 2.54. The number of hydrogen-bond donors (Lipinski definition) is 1. The Hall–Kier alpha value is -2.40. The second-order valence-corrected chi connectivity index (χ2v) is 6.55. The van der Waals surface area contributed by atoms with Gasteiger partial charge >= 0.3 is 5.97 Å². The second-order valence-electron chi connectivity index (χ2n) is 6.55. The van der Waals surface area contributed by atoms with E-state index in [2.05, 4.69) is 16.7 Å². The molecule has 2 aromatic rings. The number of carboxylic acids is 1. The van der Waals surface area contributed by atoms with Crippen molar-refractivity contribution in [2.75, 3.05) is 31.1 Å². The third-order valence-corrected chi connectivity index (χ3v) is 4.86. The molecule has 1 heterocycles. The van der Waals surface area contributed by atoms with Gasteiger partial charge in [-0.15, -0.1) is 0 Å². The van der Waals surface area contributed by atoms with E-state index >= 15 is 0 Å². The highest BCUT2D eigenvalue weighted by atomic mass is 19.1. The number of nitrogens with zero attached hydrogens (tertiary/aromatic N) is 2. The SMILES string of the molecule is CC(Cc1ccc(C(=O)O)cc1)N1CCN(c2ccc(F)cc2)CC1. The molecule has 3 rings (SSSR count). The first-order valence-electron chi connectivity index (χ1n) is 8.60. The number of carboxylic acid groups (broad SMARTS) is 1. The van der Waals surface area contributed by atoms with Gasteiger partial charge in [0.05, 0.1) is 5.56 Å². The number of hydrogen-bond acceptors (Lipinski definition) is 3. The monoisotopic (exact) mass is 342 g/mol. The van der Waals surface area contributed by atoms with E-state index in [-0.39, 0.29) is 5.82 Å². The lowest BCUT2D eigenvalue weighted by atomic mass is 10.0. The minimum Gasteiger partial charge on any atom is -0.478 e. The van der Waals surface area contributed by atoms with Crippen LogP contribution >= 0.6 is 0 Å². The van der Waals surface area contributed by atoms with Gasteiger partial charge in [-0.05, 0) is 55.3 Å². The Morgan fingerprint density at radius 3 is 2.20 bits per heavy atom. The Kier molecular flexibility index (Phi) is 5.34. The number of aromatic carboxylic acids is 1. The zero-order valence-corrected chi connectivity index (χ0v) is 14.4. The second kappa shape index (κ2) is 7.66. The van der Waals surface area contributed by atoms with E-state index in [0.29, 0.717) is 11.6 Å². The molecule has 0 spiro atoms. The molecule has 132 valence electrons. The number of halogens is 1. The van der Waals surface area contributed by atoms with Crippen LogP contribution in [0, 0.1) is 5.82 Å². The van der Waals surface area contributed by atoms with Crippen molar-refractivity contribution in [2.24, 2.45) is 0 Å². The van der Waals surface area contributed by atoms with Crippen LogP contribution in [0.25, 0.3) is 0 Å². The number of anilines is 1. The summed E-state index contributed by atoms with van der Waals surface area (Å²) in [5, 5.41) is 8.96. The summed E-state index contributed by atoms with van der Waals surface area (Å²) in [4.78, 5) is 15.6. The molecule has 1 unspecified atom stereocenters. The first kappa shape index (κ1) is 17.4. The lowest BCUT2D eigenvalue weighted by Crippen LogP contribution is -2.50. The van der Waals surface area contributed by atoms with Crippen molar-refractivity contribution < 1.29 is 14.3 Å². The van der Waals surface area contributed by atoms with Gasteiger partial charge in [0, 0.05) is 37.9 Å². The molecule has 0 bridgehead atoms. The molecule has 1 atom stereocenters. The Bertz CT molecular complexity index is 707. The van der Waals surface area contributed by atoms with E-state index in [4.69, 9.17) is 5.11 Å². The van der Waals surface area contributed by atoms with E-state index in [1.165, 1.54) is 12.1 Å². The van der Waals surface area contributed by atoms with Crippen molar-refractivity contribution in [3.05, 3.63) is 65.5 Å². The van der Waals surface area contributed by atoms with Crippen molar-refractivity contribution in [2.45, 2.75) is 19.4 Å². The first-order chi connectivity index (χ1) is 12.0. The predicted octanol–water partition coefficient (Wildman–Crippen LogP) is 3.28. The van der Waals surface area contributed by atoms with Crippen molar-refractivity contribution in [3.8, 4) is 0 Å². The van der Waals surface area contributed by atoms with Gasteiger partial charge < -0.3 is 10.0 Å². The standard InChI is InChI=1S/C20H23FN2O2/c1-15(14-16-2-4-17(5-3-16)20(24)25)22-10-12-23(13-11-22)19-8-6-18(21)7-9-19/h2-9,15H,10-14H2,1H3,(H,24,25). The fourth-order valence-electron chi connectivity index (χ4n) is 3.33. The molecule has 1 aliphatic heterocycles. The third kappa shape index (κ3) is 4.37. The van der Waals surface area contributed by atoms with Crippen molar-refractivity contribution in [1.29, 1.82) is 0 Å². The topological polar surface area (TPSA) is 43.8 Å². The van der Waals surface area contributed by atoms with Crippen LogP contribution < -0.4 is 4.90 Å². The van der Waals surface area contributed by atoms with Crippen LogP contribution in [0.1, 0.15) is 22.8 Å². The highest BCUT2D eigenvalue weighted by Crippen LogP contribution is 2.19. The van der Waals surface area contributed by atoms with Crippen molar-refractivity contribution >= 4 is 11.7 Å². The minimum absolute atomic E-state index is 0.204. The van der Waals surface area contributed by atoms with Crippen LogP contribution in [0.15, 0.2) is 48.5 Å². The van der Waals surface area contributed by atoms with Gasteiger partial charge in [-0.2, -0.15) is 0 Å². The fraction of sp³-hybridized carbons (Fsp3) is 0.350. The molecule has 1 fully saturated rings. The average Bonchev–Trinajstić information content (AvgIpc) is 2.63. The predicted molar refractivity (Wildman–Crippen MR) is 96.8 cm³/mol. The molecule has 25 heavy (non-hydrogen) atoms. The molecule has 0 aliphatic carbocycles. The van der Waals surface area contributed by atoms with Crippen LogP contribution in [0.4, 0.5) is 10.1 Å². The van der Waals surface area contributed by atoms with E-state index < -0.39 is 5.97 Å². The Balaban J connectivity index is 1.53. The largest absolute Gasteiger partial charge is 0.478 e. The molecule has 0 aromatic heterocycles. The van der Waals surface area contributed by atoms with Crippen LogP contribution in [-0.2, 0) is 6.42 Å². The van der Waals surface area contributed by atoms with Gasteiger partial charge in [0.1, 0.15) is 5.82 Å². The maximum Gasteiger partial charge on any atom is 0.335 e. The van der Waals surface area contributed by atoms with Gasteiger partial charge in [-0.3, -0.25) is 4.90 Å². The van der Waals surface area contributed by atoms with Gasteiger partial charge in [-0.1, -0.05) is 12.1 Å². The molecule has 0 amide bonds. The summed E-state index contributed by atoms with van der Waals surface area (Å²) >= 11 is 0. The summed E-state index contributed by atoms with van der Waals surface area (Å²) in [6.45, 7) is 5.98. The average molecular weight is 342 g/mol. The summed E-state index contributed by atoms with van der Waals surface area (Å²) in [5.74, 6) is -1.10. The van der Waals surface area contributed by atoms with Gasteiger partial charge in [-0.25, -0.2) is 9.18 Å². The summed E-state index contributed by atoms with van der Waals surface area (Å²) in [6, 6.07) is 14.2. The maximum absolute atomic E-state index is 13.0. The van der Waals surface area contributed by atoms with Gasteiger partial charge in [0.2, 0.25) is 0 Å². The van der Waals surface area contributed by atoms with E-state index in [0.717, 1.165) is 43.9 Å². The normalized spacial score (nSPS) is 16.6. The van der Waals surface area contributed by atoms with Gasteiger partial charge in [0.25, 0.3) is 0 Å². The number of rotatable bonds is 5. The molecule has 1 saturated heterocycles. The molecule has 1 aliphatic rings. The zero-order valence-electron chi connectivity index (χ0n) is 14.4. The summed E-state index contributed by atoms with van der Waals surface area (Å²) < 4.78 is 13.0. The maximum atomic E-state index is 13.0.